The number of methoxy groups -OCH3 is 1. The lowest BCUT2D eigenvalue weighted by atomic mass is 10.2. The Bertz CT molecular complexity index is 665. The van der Waals surface area contributed by atoms with Crippen molar-refractivity contribution in [2.45, 2.75) is 20.0 Å². The first-order valence-electron chi connectivity index (χ1n) is 7.91. The molecule has 0 fully saturated rings. The second kappa shape index (κ2) is 11.5. The molecule has 1 aromatic heterocycles. The predicted molar refractivity (Wildman–Crippen MR) is 111 cm³/mol. The van der Waals surface area contributed by atoms with Gasteiger partial charge in [-0.25, -0.2) is 0 Å². The van der Waals surface area contributed by atoms with E-state index in [4.69, 9.17) is 9.47 Å². The summed E-state index contributed by atoms with van der Waals surface area (Å²) >= 11 is 0. The number of guanidine groups is 1. The first-order valence-corrected chi connectivity index (χ1v) is 7.91. The molecule has 2 aromatic rings. The number of nitrogens with one attached hydrogen (secondary N) is 2. The fourth-order valence-corrected chi connectivity index (χ4v) is 2.18. The van der Waals surface area contributed by atoms with Crippen molar-refractivity contribution in [1.82, 2.24) is 15.6 Å². The summed E-state index contributed by atoms with van der Waals surface area (Å²) < 4.78 is 10.9. The number of rotatable bonds is 7. The maximum Gasteiger partial charge on any atom is 0.191 e. The normalized spacial score (nSPS) is 10.6. The first kappa shape index (κ1) is 21.0. The number of hydrogen-bond donors (Lipinski definition) is 2. The van der Waals surface area contributed by atoms with Crippen LogP contribution >= 0.6 is 24.0 Å². The molecular formula is C18H25IN4O2. The van der Waals surface area contributed by atoms with E-state index in [9.17, 15) is 0 Å². The van der Waals surface area contributed by atoms with Crippen LogP contribution in [0.15, 0.2) is 47.6 Å². The van der Waals surface area contributed by atoms with Crippen molar-refractivity contribution < 1.29 is 9.47 Å². The van der Waals surface area contributed by atoms with Gasteiger partial charge in [0.15, 0.2) is 17.5 Å². The van der Waals surface area contributed by atoms with Crippen molar-refractivity contribution in [3.05, 3.63) is 53.9 Å². The van der Waals surface area contributed by atoms with Gasteiger partial charge in [0.2, 0.25) is 0 Å². The molecule has 1 aromatic carbocycles. The molecule has 0 unspecified atom stereocenters. The quantitative estimate of drug-likeness (QED) is 0.381. The third-order valence-corrected chi connectivity index (χ3v) is 3.37. The highest BCUT2D eigenvalue weighted by Crippen LogP contribution is 2.27. The van der Waals surface area contributed by atoms with Crippen LogP contribution in [-0.4, -0.2) is 31.7 Å². The number of aromatic nitrogens is 1. The standard InChI is InChI=1S/C18H24N4O2.HI/c1-4-24-16-9-8-14(11-17(16)23-3)12-21-18(19-2)22-13-15-7-5-6-10-20-15;/h5-11H,4,12-13H2,1-3H3,(H2,19,21,22);1H. The van der Waals surface area contributed by atoms with Crippen LogP contribution in [-0.2, 0) is 13.1 Å². The third kappa shape index (κ3) is 6.77. The van der Waals surface area contributed by atoms with Crippen LogP contribution in [0.1, 0.15) is 18.2 Å². The van der Waals surface area contributed by atoms with E-state index in [1.807, 2.05) is 43.3 Å². The van der Waals surface area contributed by atoms with Crippen LogP contribution < -0.4 is 20.1 Å². The summed E-state index contributed by atoms with van der Waals surface area (Å²) in [6, 6.07) is 11.7. The van der Waals surface area contributed by atoms with Gasteiger partial charge in [0.1, 0.15) is 0 Å². The topological polar surface area (TPSA) is 67.8 Å². The van der Waals surface area contributed by atoms with Gasteiger partial charge in [0.25, 0.3) is 0 Å². The summed E-state index contributed by atoms with van der Waals surface area (Å²) in [5, 5.41) is 6.51. The van der Waals surface area contributed by atoms with E-state index in [1.165, 1.54) is 0 Å². The van der Waals surface area contributed by atoms with Crippen molar-refractivity contribution in [3.8, 4) is 11.5 Å². The van der Waals surface area contributed by atoms with Gasteiger partial charge < -0.3 is 20.1 Å². The number of ether oxygens (including phenoxy) is 2. The van der Waals surface area contributed by atoms with Gasteiger partial charge in [-0.05, 0) is 36.8 Å². The number of halogens is 1. The maximum atomic E-state index is 5.53. The van der Waals surface area contributed by atoms with E-state index in [2.05, 4.69) is 20.6 Å². The van der Waals surface area contributed by atoms with Crippen LogP contribution in [0.2, 0.25) is 0 Å². The maximum absolute atomic E-state index is 5.53. The minimum Gasteiger partial charge on any atom is -0.493 e. The molecule has 0 saturated carbocycles. The second-order valence-electron chi connectivity index (χ2n) is 5.02. The van der Waals surface area contributed by atoms with Crippen LogP contribution in [0.4, 0.5) is 0 Å². The number of benzene rings is 1. The van der Waals surface area contributed by atoms with E-state index < -0.39 is 0 Å². The van der Waals surface area contributed by atoms with Crippen molar-refractivity contribution in [2.24, 2.45) is 4.99 Å². The molecule has 0 aliphatic heterocycles. The molecule has 0 amide bonds. The van der Waals surface area contributed by atoms with Gasteiger partial charge >= 0.3 is 0 Å². The Kier molecular flexibility index (Phi) is 9.68. The zero-order valence-electron chi connectivity index (χ0n) is 14.8. The third-order valence-electron chi connectivity index (χ3n) is 3.37. The van der Waals surface area contributed by atoms with Gasteiger partial charge in [-0.15, -0.1) is 24.0 Å². The van der Waals surface area contributed by atoms with Crippen molar-refractivity contribution in [3.63, 3.8) is 0 Å². The Balaban J connectivity index is 0.00000312. The van der Waals surface area contributed by atoms with E-state index in [1.54, 1.807) is 20.4 Å². The summed E-state index contributed by atoms with van der Waals surface area (Å²) in [6.07, 6.45) is 1.78. The lowest BCUT2D eigenvalue weighted by molar-refractivity contribution is 0.310. The average Bonchev–Trinajstić information content (AvgIpc) is 2.64. The number of aliphatic imine (C=N–C) groups is 1. The Morgan fingerprint density at radius 1 is 1.12 bits per heavy atom. The Labute approximate surface area is 166 Å². The molecule has 0 radical (unpaired) electrons. The van der Waals surface area contributed by atoms with Gasteiger partial charge in [0, 0.05) is 19.8 Å². The molecule has 2 rings (SSSR count). The molecule has 0 saturated heterocycles. The van der Waals surface area contributed by atoms with Gasteiger partial charge in [-0.1, -0.05) is 12.1 Å². The van der Waals surface area contributed by atoms with Gasteiger partial charge in [0.05, 0.1) is 26.0 Å². The molecule has 0 bridgehead atoms. The molecule has 7 heteroatoms. The Hall–Kier alpha value is -2.03. The molecular weight excluding hydrogens is 431 g/mol. The largest absolute Gasteiger partial charge is 0.493 e. The molecule has 6 nitrogen and oxygen atoms in total. The summed E-state index contributed by atoms with van der Waals surface area (Å²) in [7, 11) is 3.38. The van der Waals surface area contributed by atoms with Crippen molar-refractivity contribution in [1.29, 1.82) is 0 Å². The number of nitrogens with zero attached hydrogens (tertiary/aromatic N) is 2. The first-order chi connectivity index (χ1) is 11.8. The molecule has 0 atom stereocenters. The predicted octanol–water partition coefficient (Wildman–Crippen LogP) is 2.97. The highest BCUT2D eigenvalue weighted by molar-refractivity contribution is 14.0. The van der Waals surface area contributed by atoms with Crippen LogP contribution in [0.25, 0.3) is 0 Å². The lowest BCUT2D eigenvalue weighted by Crippen LogP contribution is -2.36. The SMILES string of the molecule is CCOc1ccc(CNC(=NC)NCc2ccccn2)cc1OC.I. The summed E-state index contributed by atoms with van der Waals surface area (Å²) in [5.74, 6) is 2.20. The van der Waals surface area contributed by atoms with E-state index in [0.717, 1.165) is 22.8 Å². The van der Waals surface area contributed by atoms with E-state index in [-0.39, 0.29) is 24.0 Å². The van der Waals surface area contributed by atoms with Crippen LogP contribution in [0, 0.1) is 0 Å². The van der Waals surface area contributed by atoms with E-state index in [0.29, 0.717) is 25.7 Å². The molecule has 2 N–H and O–H groups in total. The van der Waals surface area contributed by atoms with Crippen molar-refractivity contribution >= 4 is 29.9 Å². The summed E-state index contributed by atoms with van der Waals surface area (Å²) in [6.45, 7) is 3.81. The molecule has 25 heavy (non-hydrogen) atoms. The highest BCUT2D eigenvalue weighted by Gasteiger charge is 2.06. The molecule has 136 valence electrons. The summed E-state index contributed by atoms with van der Waals surface area (Å²) in [5.41, 5.74) is 2.04. The number of hydrogen-bond acceptors (Lipinski definition) is 4. The fourth-order valence-electron chi connectivity index (χ4n) is 2.18. The molecule has 1 heterocycles. The van der Waals surface area contributed by atoms with Crippen LogP contribution in [0.5, 0.6) is 11.5 Å². The minimum absolute atomic E-state index is 0. The monoisotopic (exact) mass is 456 g/mol. The fraction of sp³-hybridized carbons (Fsp3) is 0.333. The Morgan fingerprint density at radius 3 is 2.56 bits per heavy atom. The minimum atomic E-state index is 0. The lowest BCUT2D eigenvalue weighted by Gasteiger charge is -2.14. The molecule has 0 aliphatic rings. The zero-order chi connectivity index (χ0) is 17.2. The van der Waals surface area contributed by atoms with Gasteiger partial charge in [-0.2, -0.15) is 0 Å². The van der Waals surface area contributed by atoms with Crippen molar-refractivity contribution in [2.75, 3.05) is 20.8 Å². The van der Waals surface area contributed by atoms with Crippen LogP contribution in [0.3, 0.4) is 0 Å². The summed E-state index contributed by atoms with van der Waals surface area (Å²) in [4.78, 5) is 8.50. The Morgan fingerprint density at radius 2 is 1.92 bits per heavy atom. The number of pyridine rings is 1. The highest BCUT2D eigenvalue weighted by atomic mass is 127. The van der Waals surface area contributed by atoms with E-state index >= 15 is 0 Å². The smallest absolute Gasteiger partial charge is 0.191 e. The second-order valence-corrected chi connectivity index (χ2v) is 5.02. The molecule has 0 aliphatic carbocycles. The molecule has 0 spiro atoms. The zero-order valence-corrected chi connectivity index (χ0v) is 17.1. The van der Waals surface area contributed by atoms with Gasteiger partial charge in [-0.3, -0.25) is 9.98 Å². The average molecular weight is 456 g/mol.